The fourth-order valence-corrected chi connectivity index (χ4v) is 2.94. The van der Waals surface area contributed by atoms with Crippen LogP contribution in [0.25, 0.3) is 11.1 Å². The Morgan fingerprint density at radius 3 is 2.18 bits per heavy atom. The Bertz CT molecular complexity index is 958. The first-order valence-electron chi connectivity index (χ1n) is 8.34. The molecule has 0 bridgehead atoms. The van der Waals surface area contributed by atoms with Crippen LogP contribution in [0, 0.1) is 0 Å². The Labute approximate surface area is 159 Å². The molecule has 0 amide bonds. The molecule has 0 unspecified atom stereocenters. The minimum Gasteiger partial charge on any atom is -0.497 e. The highest BCUT2D eigenvalue weighted by atomic mass is 19.4. The van der Waals surface area contributed by atoms with Crippen LogP contribution in [0.2, 0.25) is 0 Å². The SMILES string of the molecule is COC(=O)c1c(C(F)(F)F)oc(Cc2ccc(OC)cc2)c1-c1ccccc1. The molecule has 0 aliphatic rings. The van der Waals surface area contributed by atoms with Gasteiger partial charge in [0.05, 0.1) is 14.2 Å². The second kappa shape index (κ2) is 7.80. The van der Waals surface area contributed by atoms with E-state index in [0.29, 0.717) is 16.9 Å². The van der Waals surface area contributed by atoms with Crippen LogP contribution in [0.1, 0.15) is 27.4 Å². The van der Waals surface area contributed by atoms with Gasteiger partial charge in [-0.15, -0.1) is 0 Å². The van der Waals surface area contributed by atoms with Crippen molar-refractivity contribution in [2.45, 2.75) is 12.6 Å². The zero-order valence-corrected chi connectivity index (χ0v) is 15.2. The lowest BCUT2D eigenvalue weighted by Crippen LogP contribution is -2.12. The van der Waals surface area contributed by atoms with Crippen LogP contribution in [0.5, 0.6) is 5.75 Å². The topological polar surface area (TPSA) is 48.7 Å². The van der Waals surface area contributed by atoms with Gasteiger partial charge in [0.15, 0.2) is 0 Å². The van der Waals surface area contributed by atoms with Crippen LogP contribution >= 0.6 is 0 Å². The third-order valence-electron chi connectivity index (χ3n) is 4.21. The van der Waals surface area contributed by atoms with E-state index in [4.69, 9.17) is 9.15 Å². The molecule has 0 aliphatic carbocycles. The lowest BCUT2D eigenvalue weighted by molar-refractivity contribution is -0.153. The van der Waals surface area contributed by atoms with E-state index in [0.717, 1.165) is 7.11 Å². The molecular weight excluding hydrogens is 373 g/mol. The van der Waals surface area contributed by atoms with Crippen LogP contribution in [0.3, 0.4) is 0 Å². The molecule has 0 saturated heterocycles. The summed E-state index contributed by atoms with van der Waals surface area (Å²) in [7, 11) is 2.56. The lowest BCUT2D eigenvalue weighted by Gasteiger charge is -2.07. The molecule has 1 heterocycles. The van der Waals surface area contributed by atoms with Crippen molar-refractivity contribution in [1.82, 2.24) is 0 Å². The average molecular weight is 390 g/mol. The number of carbonyl (C=O) groups is 1. The maximum Gasteiger partial charge on any atom is 0.450 e. The number of esters is 1. The zero-order valence-electron chi connectivity index (χ0n) is 15.2. The van der Waals surface area contributed by atoms with E-state index in [-0.39, 0.29) is 17.7 Å². The van der Waals surface area contributed by atoms with Gasteiger partial charge >= 0.3 is 12.1 Å². The van der Waals surface area contributed by atoms with Gasteiger partial charge in [-0.3, -0.25) is 0 Å². The summed E-state index contributed by atoms with van der Waals surface area (Å²) < 4.78 is 55.6. The van der Waals surface area contributed by atoms with Gasteiger partial charge in [-0.2, -0.15) is 13.2 Å². The van der Waals surface area contributed by atoms with E-state index in [1.165, 1.54) is 7.11 Å². The highest BCUT2D eigenvalue weighted by Gasteiger charge is 2.43. The predicted molar refractivity (Wildman–Crippen MR) is 96.3 cm³/mol. The molecule has 0 saturated carbocycles. The van der Waals surface area contributed by atoms with Gasteiger partial charge in [0.1, 0.15) is 17.1 Å². The van der Waals surface area contributed by atoms with Gasteiger partial charge < -0.3 is 13.9 Å². The molecular formula is C21H17F3O4. The first-order valence-corrected chi connectivity index (χ1v) is 8.34. The van der Waals surface area contributed by atoms with Crippen LogP contribution < -0.4 is 4.74 Å². The van der Waals surface area contributed by atoms with E-state index in [2.05, 4.69) is 4.74 Å². The highest BCUT2D eigenvalue weighted by molar-refractivity contribution is 5.99. The molecule has 7 heteroatoms. The van der Waals surface area contributed by atoms with Crippen LogP contribution in [-0.4, -0.2) is 20.2 Å². The summed E-state index contributed by atoms with van der Waals surface area (Å²) in [5, 5.41) is 0. The summed E-state index contributed by atoms with van der Waals surface area (Å²) in [6.07, 6.45) is -4.78. The molecule has 3 aromatic rings. The summed E-state index contributed by atoms with van der Waals surface area (Å²) >= 11 is 0. The number of alkyl halides is 3. The number of ether oxygens (including phenoxy) is 2. The van der Waals surface area contributed by atoms with E-state index in [9.17, 15) is 18.0 Å². The predicted octanol–water partition coefficient (Wildman–Crippen LogP) is 5.35. The maximum atomic E-state index is 13.6. The Morgan fingerprint density at radius 2 is 1.64 bits per heavy atom. The summed E-state index contributed by atoms with van der Waals surface area (Å²) in [6, 6.07) is 15.2. The molecule has 0 fully saturated rings. The molecule has 0 atom stereocenters. The molecule has 1 aromatic heterocycles. The van der Waals surface area contributed by atoms with Gasteiger partial charge in [0.2, 0.25) is 5.76 Å². The van der Waals surface area contributed by atoms with E-state index in [1.54, 1.807) is 54.6 Å². The van der Waals surface area contributed by atoms with Crippen molar-refractivity contribution in [2.75, 3.05) is 14.2 Å². The van der Waals surface area contributed by atoms with E-state index in [1.807, 2.05) is 0 Å². The molecule has 0 radical (unpaired) electrons. The monoisotopic (exact) mass is 390 g/mol. The number of hydrogen-bond donors (Lipinski definition) is 0. The number of carbonyl (C=O) groups excluding carboxylic acids is 1. The summed E-state index contributed by atoms with van der Waals surface area (Å²) in [6.45, 7) is 0. The Morgan fingerprint density at radius 1 is 1.00 bits per heavy atom. The first-order chi connectivity index (χ1) is 13.3. The van der Waals surface area contributed by atoms with Gasteiger partial charge in [0.25, 0.3) is 0 Å². The number of halogens is 3. The molecule has 28 heavy (non-hydrogen) atoms. The standard InChI is InChI=1S/C21H17F3O4/c1-26-15-10-8-13(9-11-15)12-16-17(14-6-4-3-5-7-14)18(20(25)27-2)19(28-16)21(22,23)24/h3-11H,12H2,1-2H3. The molecule has 2 aromatic carbocycles. The Hall–Kier alpha value is -3.22. The third kappa shape index (κ3) is 3.88. The highest BCUT2D eigenvalue weighted by Crippen LogP contribution is 2.42. The number of hydrogen-bond acceptors (Lipinski definition) is 4. The fourth-order valence-electron chi connectivity index (χ4n) is 2.94. The van der Waals surface area contributed by atoms with E-state index < -0.39 is 23.5 Å². The van der Waals surface area contributed by atoms with Crippen molar-refractivity contribution < 1.29 is 31.9 Å². The summed E-state index contributed by atoms with van der Waals surface area (Å²) in [4.78, 5) is 12.2. The maximum absolute atomic E-state index is 13.6. The van der Waals surface area contributed by atoms with Gasteiger partial charge in [-0.1, -0.05) is 42.5 Å². The molecule has 0 spiro atoms. The van der Waals surface area contributed by atoms with Gasteiger partial charge in [-0.05, 0) is 23.3 Å². The van der Waals surface area contributed by atoms with Gasteiger partial charge in [-0.25, -0.2) is 4.79 Å². The largest absolute Gasteiger partial charge is 0.497 e. The van der Waals surface area contributed by atoms with Crippen molar-refractivity contribution in [3.63, 3.8) is 0 Å². The average Bonchev–Trinajstić information content (AvgIpc) is 3.08. The van der Waals surface area contributed by atoms with Crippen LogP contribution in [0.4, 0.5) is 13.2 Å². The second-order valence-electron chi connectivity index (χ2n) is 5.98. The zero-order chi connectivity index (χ0) is 20.3. The molecule has 0 aliphatic heterocycles. The normalized spacial score (nSPS) is 11.3. The van der Waals surface area contributed by atoms with Crippen molar-refractivity contribution in [3.05, 3.63) is 77.2 Å². The number of methoxy groups -OCH3 is 2. The molecule has 4 nitrogen and oxygen atoms in total. The molecule has 3 rings (SSSR count). The first kappa shape index (κ1) is 19.5. The fraction of sp³-hybridized carbons (Fsp3) is 0.190. The van der Waals surface area contributed by atoms with E-state index >= 15 is 0 Å². The summed E-state index contributed by atoms with van der Waals surface area (Å²) in [5.74, 6) is -1.81. The number of rotatable bonds is 5. The molecule has 0 N–H and O–H groups in total. The Balaban J connectivity index is 2.19. The number of furan rings is 1. The Kier molecular flexibility index (Phi) is 5.44. The van der Waals surface area contributed by atoms with Crippen molar-refractivity contribution in [3.8, 4) is 16.9 Å². The van der Waals surface area contributed by atoms with Crippen molar-refractivity contribution in [2.24, 2.45) is 0 Å². The van der Waals surface area contributed by atoms with Gasteiger partial charge in [0, 0.05) is 12.0 Å². The quantitative estimate of drug-likeness (QED) is 0.551. The minimum absolute atomic E-state index is 0.0316. The lowest BCUT2D eigenvalue weighted by atomic mass is 9.97. The minimum atomic E-state index is -4.84. The third-order valence-corrected chi connectivity index (χ3v) is 4.21. The molecule has 146 valence electrons. The van der Waals surface area contributed by atoms with Crippen molar-refractivity contribution in [1.29, 1.82) is 0 Å². The number of benzene rings is 2. The second-order valence-corrected chi connectivity index (χ2v) is 5.98. The smallest absolute Gasteiger partial charge is 0.450 e. The summed E-state index contributed by atoms with van der Waals surface area (Å²) in [5.41, 5.74) is 0.600. The van der Waals surface area contributed by atoms with Crippen LogP contribution in [-0.2, 0) is 17.3 Å². The van der Waals surface area contributed by atoms with Crippen molar-refractivity contribution >= 4 is 5.97 Å². The van der Waals surface area contributed by atoms with Crippen LogP contribution in [0.15, 0.2) is 59.0 Å².